The van der Waals surface area contributed by atoms with Crippen molar-refractivity contribution < 1.29 is 52.6 Å². The summed E-state index contributed by atoms with van der Waals surface area (Å²) in [5, 5.41) is 9.10. The van der Waals surface area contributed by atoms with Crippen molar-refractivity contribution in [2.24, 2.45) is 17.8 Å². The highest BCUT2D eigenvalue weighted by Gasteiger charge is 2.54. The normalized spacial score (nSPS) is 23.9. The van der Waals surface area contributed by atoms with Gasteiger partial charge in [0.15, 0.2) is 11.5 Å². The lowest BCUT2D eigenvalue weighted by molar-refractivity contribution is -0.176. The fourth-order valence-corrected chi connectivity index (χ4v) is 7.76. The number of hydrogen-bond donors (Lipinski definition) is 2. The molecule has 0 bridgehead atoms. The summed E-state index contributed by atoms with van der Waals surface area (Å²) in [6, 6.07) is 9.40. The molecule has 0 unspecified atom stereocenters. The number of esters is 2. The number of rotatable bonds is 9. The Morgan fingerprint density at radius 1 is 0.940 bits per heavy atom. The number of piperidine rings is 1. The number of methoxy groups -OCH3 is 6. The van der Waals surface area contributed by atoms with Crippen LogP contribution in [0.15, 0.2) is 42.5 Å². The maximum absolute atomic E-state index is 13.5. The second-order valence-electron chi connectivity index (χ2n) is 12.8. The highest BCUT2D eigenvalue weighted by Crippen LogP contribution is 2.51. The first-order chi connectivity index (χ1) is 24.0. The molecule has 6 rings (SSSR count). The molecule has 2 fully saturated rings. The van der Waals surface area contributed by atoms with E-state index in [0.29, 0.717) is 23.7 Å². The third-order valence-electron chi connectivity index (χ3n) is 10.1. The van der Waals surface area contributed by atoms with E-state index >= 15 is 0 Å². The van der Waals surface area contributed by atoms with Crippen LogP contribution in [-0.4, -0.2) is 101 Å². The van der Waals surface area contributed by atoms with Gasteiger partial charge < -0.3 is 43.2 Å². The van der Waals surface area contributed by atoms with E-state index in [1.54, 1.807) is 26.4 Å². The molecule has 0 radical (unpaired) electrons. The van der Waals surface area contributed by atoms with E-state index in [1.165, 1.54) is 52.0 Å². The van der Waals surface area contributed by atoms with Gasteiger partial charge in [0.1, 0.15) is 18.0 Å². The van der Waals surface area contributed by atoms with Crippen LogP contribution in [0.25, 0.3) is 10.9 Å². The van der Waals surface area contributed by atoms with Crippen LogP contribution in [0.5, 0.6) is 23.0 Å². The number of carboxylic acids is 1. The molecule has 3 aliphatic rings. The molecule has 6 atom stereocenters. The summed E-state index contributed by atoms with van der Waals surface area (Å²) in [4.78, 5) is 42.7. The van der Waals surface area contributed by atoms with Gasteiger partial charge in [0, 0.05) is 48.4 Å². The van der Waals surface area contributed by atoms with Gasteiger partial charge in [0.25, 0.3) is 0 Å². The van der Waals surface area contributed by atoms with Crippen molar-refractivity contribution in [3.63, 3.8) is 0 Å². The Labute approximate surface area is 291 Å². The van der Waals surface area contributed by atoms with Crippen molar-refractivity contribution in [3.05, 3.63) is 59.3 Å². The quantitative estimate of drug-likeness (QED) is 0.233. The highest BCUT2D eigenvalue weighted by molar-refractivity contribution is 5.91. The molecule has 50 heavy (non-hydrogen) atoms. The molecule has 1 saturated heterocycles. The van der Waals surface area contributed by atoms with E-state index in [4.69, 9.17) is 38.3 Å². The van der Waals surface area contributed by atoms with Gasteiger partial charge in [-0.2, -0.15) is 0 Å². The summed E-state index contributed by atoms with van der Waals surface area (Å²) in [6.07, 6.45) is 0.920. The maximum Gasteiger partial charge on any atom is 0.338 e. The monoisotopic (exact) mass is 694 g/mol. The van der Waals surface area contributed by atoms with E-state index in [-0.39, 0.29) is 35.0 Å². The molecule has 2 N–H and O–H groups in total. The van der Waals surface area contributed by atoms with E-state index in [0.717, 1.165) is 37.2 Å². The zero-order valence-corrected chi connectivity index (χ0v) is 29.6. The summed E-state index contributed by atoms with van der Waals surface area (Å²) >= 11 is 0. The van der Waals surface area contributed by atoms with Gasteiger partial charge in [-0.25, -0.2) is 9.59 Å². The number of aromatic amines is 1. The first-order valence-electron chi connectivity index (χ1n) is 16.4. The number of carboxylic acid groups (broad SMARTS) is 1. The number of nitrogens with zero attached hydrogens (tertiary/aromatic N) is 1. The largest absolute Gasteiger partial charge is 0.497 e. The Kier molecular flexibility index (Phi) is 11.3. The minimum absolute atomic E-state index is 0.0170. The van der Waals surface area contributed by atoms with Crippen LogP contribution in [0.3, 0.4) is 0 Å². The van der Waals surface area contributed by atoms with Crippen LogP contribution in [0.1, 0.15) is 47.4 Å². The third-order valence-corrected chi connectivity index (χ3v) is 10.1. The Balaban J connectivity index is 0.000000745. The molecule has 2 aromatic carbocycles. The average Bonchev–Trinajstić information content (AvgIpc) is 3.50. The minimum Gasteiger partial charge on any atom is -0.497 e. The molecule has 3 aromatic rings. The highest BCUT2D eigenvalue weighted by atomic mass is 16.6. The zero-order valence-electron chi connectivity index (χ0n) is 29.6. The van der Waals surface area contributed by atoms with Gasteiger partial charge in [-0.1, -0.05) is 6.58 Å². The number of fused-ring (bicyclic) bond motifs is 6. The topological polar surface area (TPSA) is 155 Å². The molecule has 0 amide bonds. The lowest BCUT2D eigenvalue weighted by atomic mass is 9.63. The van der Waals surface area contributed by atoms with Crippen LogP contribution < -0.4 is 18.9 Å². The second-order valence-corrected chi connectivity index (χ2v) is 12.8. The van der Waals surface area contributed by atoms with Gasteiger partial charge in [0.2, 0.25) is 5.75 Å². The van der Waals surface area contributed by atoms with Gasteiger partial charge in [-0.05, 0) is 67.9 Å². The minimum atomic E-state index is -0.935. The zero-order chi connectivity index (χ0) is 36.3. The number of ether oxygens (including phenoxy) is 7. The Morgan fingerprint density at radius 2 is 1.62 bits per heavy atom. The summed E-state index contributed by atoms with van der Waals surface area (Å²) in [7, 11) is 9.10. The van der Waals surface area contributed by atoms with Crippen LogP contribution in [0.4, 0.5) is 0 Å². The molecule has 13 heteroatoms. The number of benzene rings is 2. The predicted molar refractivity (Wildman–Crippen MR) is 183 cm³/mol. The first-order valence-corrected chi connectivity index (χ1v) is 16.4. The Hall–Kier alpha value is -4.75. The van der Waals surface area contributed by atoms with Crippen molar-refractivity contribution >= 4 is 28.8 Å². The average molecular weight is 695 g/mol. The van der Waals surface area contributed by atoms with Crippen molar-refractivity contribution in [1.82, 2.24) is 9.88 Å². The summed E-state index contributed by atoms with van der Waals surface area (Å²) in [6.45, 7) is 6.28. The first kappa shape index (κ1) is 36.5. The van der Waals surface area contributed by atoms with Crippen molar-refractivity contribution in [3.8, 4) is 23.0 Å². The van der Waals surface area contributed by atoms with Gasteiger partial charge in [0.05, 0.1) is 53.1 Å². The van der Waals surface area contributed by atoms with Crippen molar-refractivity contribution in [2.75, 3.05) is 55.7 Å². The predicted octanol–water partition coefficient (Wildman–Crippen LogP) is 4.82. The number of aliphatic carboxylic acids is 1. The molecular formula is C37H46N2O11. The molecule has 0 spiro atoms. The molecule has 1 aliphatic carbocycles. The number of nitrogens with one attached hydrogen (secondary N) is 1. The molecule has 3 heterocycles. The Bertz CT molecular complexity index is 1710. The van der Waals surface area contributed by atoms with E-state index in [9.17, 15) is 14.4 Å². The van der Waals surface area contributed by atoms with Gasteiger partial charge in [-0.3, -0.25) is 9.69 Å². The molecule has 1 saturated carbocycles. The molecule has 13 nitrogen and oxygen atoms in total. The SMILES string of the molecule is C=C(C)C(=O)O.COC(=O)[C@H]1[C@H]2C[C@@H]3c4[nH]c5cc(OC)ccc5c4CCN3C[C@H]2C[C@@H](OC(=O)c2cc(OC)c(OC)c(OC)c2)[C@@H]1OC. The number of aromatic nitrogens is 1. The molecule has 2 aliphatic heterocycles. The molecule has 270 valence electrons. The molecular weight excluding hydrogens is 648 g/mol. The lowest BCUT2D eigenvalue weighted by Gasteiger charge is -2.52. The number of hydrogen-bond acceptors (Lipinski definition) is 11. The fourth-order valence-electron chi connectivity index (χ4n) is 7.76. The summed E-state index contributed by atoms with van der Waals surface area (Å²) < 4.78 is 39.1. The third kappa shape index (κ3) is 6.97. The van der Waals surface area contributed by atoms with Crippen LogP contribution in [0.2, 0.25) is 0 Å². The number of carbonyl (C=O) groups excluding carboxylic acids is 2. The standard InChI is InChI=1S/C33H40N2O9.C4H6O2/c1-38-19-7-8-20-21-9-10-35-16-18-13-27(44-32(36)17-11-25(39-2)30(41-4)26(12-17)40-3)31(42-5)28(33(37)43-6)22(18)15-24(35)29(21)34-23(20)14-19;1-3(2)4(5)6/h7-8,11-12,14,18,22,24,27-28,31,34H,9-10,13,15-16H2,1-6H3;1H2,2H3,(H,5,6)/t18-,22+,24-,27-,28+,31+;/m1./s1. The van der Waals surface area contributed by atoms with Gasteiger partial charge >= 0.3 is 17.9 Å². The maximum atomic E-state index is 13.5. The molecule has 1 aromatic heterocycles. The van der Waals surface area contributed by atoms with E-state index in [1.807, 2.05) is 12.1 Å². The summed E-state index contributed by atoms with van der Waals surface area (Å²) in [5.74, 6) is -0.495. The lowest BCUT2D eigenvalue weighted by Crippen LogP contribution is -2.58. The van der Waals surface area contributed by atoms with Crippen LogP contribution in [0, 0.1) is 17.8 Å². The van der Waals surface area contributed by atoms with Crippen LogP contribution >= 0.6 is 0 Å². The number of carbonyl (C=O) groups is 3. The van der Waals surface area contributed by atoms with Crippen molar-refractivity contribution in [1.29, 1.82) is 0 Å². The fraction of sp³-hybridized carbons (Fsp3) is 0.486. The smallest absolute Gasteiger partial charge is 0.338 e. The summed E-state index contributed by atoms with van der Waals surface area (Å²) in [5.41, 5.74) is 4.00. The second kappa shape index (κ2) is 15.4. The van der Waals surface area contributed by atoms with Crippen LogP contribution in [-0.2, 0) is 30.2 Å². The number of H-pyrrole nitrogens is 1. The van der Waals surface area contributed by atoms with E-state index < -0.39 is 30.1 Å². The van der Waals surface area contributed by atoms with Crippen molar-refractivity contribution in [2.45, 2.75) is 44.4 Å². The Morgan fingerprint density at radius 3 is 2.18 bits per heavy atom. The van der Waals surface area contributed by atoms with Gasteiger partial charge in [-0.15, -0.1) is 0 Å². The van der Waals surface area contributed by atoms with E-state index in [2.05, 4.69) is 22.5 Å².